The van der Waals surface area contributed by atoms with E-state index in [1.165, 1.54) is 11.8 Å². The van der Waals surface area contributed by atoms with E-state index in [1.54, 1.807) is 0 Å². The Bertz CT molecular complexity index is 458. The lowest BCUT2D eigenvalue weighted by Gasteiger charge is -2.26. The Morgan fingerprint density at radius 2 is 1.90 bits per heavy atom. The van der Waals surface area contributed by atoms with Crippen LogP contribution >= 0.6 is 11.8 Å². The first-order valence-electron chi connectivity index (χ1n) is 7.42. The van der Waals surface area contributed by atoms with Crippen LogP contribution in [0.4, 0.5) is 0 Å². The lowest BCUT2D eigenvalue weighted by Crippen LogP contribution is -2.30. The fraction of sp³-hybridized carbons (Fsp3) is 0.786. The molecule has 0 saturated heterocycles. The standard InChI is InChI=1S/C14H26N4O2S/c1-6-17(7-2)8-11(5)18-13(10(3)4)15-16-14(18)21-9-12(19)20/h10-11H,6-9H2,1-5H3,(H,19,20). The molecule has 0 saturated carbocycles. The van der Waals surface area contributed by atoms with Crippen molar-refractivity contribution < 1.29 is 9.90 Å². The Morgan fingerprint density at radius 1 is 1.29 bits per heavy atom. The van der Waals surface area contributed by atoms with Gasteiger partial charge < -0.3 is 14.6 Å². The second-order valence-electron chi connectivity index (χ2n) is 5.38. The van der Waals surface area contributed by atoms with Crippen LogP contribution in [0, 0.1) is 0 Å². The number of carboxylic acid groups (broad SMARTS) is 1. The summed E-state index contributed by atoms with van der Waals surface area (Å²) in [6.07, 6.45) is 0. The van der Waals surface area contributed by atoms with Crippen LogP contribution < -0.4 is 0 Å². The van der Waals surface area contributed by atoms with Gasteiger partial charge in [0, 0.05) is 18.5 Å². The number of hydrogen-bond donors (Lipinski definition) is 1. The zero-order valence-electron chi connectivity index (χ0n) is 13.5. The number of carbonyl (C=O) groups is 1. The van der Waals surface area contributed by atoms with Gasteiger partial charge in [0.1, 0.15) is 5.82 Å². The maximum Gasteiger partial charge on any atom is 0.313 e. The number of thioether (sulfide) groups is 1. The summed E-state index contributed by atoms with van der Waals surface area (Å²) >= 11 is 1.24. The molecule has 0 aromatic carbocycles. The van der Waals surface area contributed by atoms with Crippen molar-refractivity contribution in [1.82, 2.24) is 19.7 Å². The number of likely N-dealkylation sites (N-methyl/N-ethyl adjacent to an activating group) is 1. The summed E-state index contributed by atoms with van der Waals surface area (Å²) in [7, 11) is 0. The molecule has 1 N–H and O–H groups in total. The van der Waals surface area contributed by atoms with E-state index in [1.807, 2.05) is 0 Å². The Morgan fingerprint density at radius 3 is 2.38 bits per heavy atom. The quantitative estimate of drug-likeness (QED) is 0.706. The summed E-state index contributed by atoms with van der Waals surface area (Å²) in [5.41, 5.74) is 0. The molecule has 0 spiro atoms. The SMILES string of the molecule is CCN(CC)CC(C)n1c(SCC(=O)O)nnc1C(C)C. The molecule has 0 amide bonds. The molecule has 0 bridgehead atoms. The predicted octanol–water partition coefficient (Wildman–Crippen LogP) is 2.48. The molecule has 0 fully saturated rings. The fourth-order valence-corrected chi connectivity index (χ4v) is 3.02. The molecule has 120 valence electrons. The van der Waals surface area contributed by atoms with Crippen LogP contribution in [0.3, 0.4) is 0 Å². The van der Waals surface area contributed by atoms with Gasteiger partial charge in [-0.3, -0.25) is 4.79 Å². The zero-order valence-corrected chi connectivity index (χ0v) is 14.4. The van der Waals surface area contributed by atoms with E-state index in [2.05, 4.69) is 54.3 Å². The Labute approximate surface area is 130 Å². The fourth-order valence-electron chi connectivity index (χ4n) is 2.26. The summed E-state index contributed by atoms with van der Waals surface area (Å²) in [5, 5.41) is 18.0. The molecule has 0 radical (unpaired) electrons. The molecule has 7 heteroatoms. The van der Waals surface area contributed by atoms with Crippen molar-refractivity contribution in [2.24, 2.45) is 0 Å². The van der Waals surface area contributed by atoms with Crippen molar-refractivity contribution >= 4 is 17.7 Å². The van der Waals surface area contributed by atoms with Gasteiger partial charge in [-0.2, -0.15) is 0 Å². The smallest absolute Gasteiger partial charge is 0.313 e. The van der Waals surface area contributed by atoms with E-state index in [9.17, 15) is 4.79 Å². The summed E-state index contributed by atoms with van der Waals surface area (Å²) < 4.78 is 2.09. The summed E-state index contributed by atoms with van der Waals surface area (Å²) in [5.74, 6) is 0.351. The third kappa shape index (κ3) is 5.00. The second kappa shape index (κ2) is 8.38. The average Bonchev–Trinajstić information content (AvgIpc) is 2.86. The molecule has 6 nitrogen and oxygen atoms in total. The van der Waals surface area contributed by atoms with Crippen molar-refractivity contribution in [3.63, 3.8) is 0 Å². The van der Waals surface area contributed by atoms with Gasteiger partial charge in [-0.05, 0) is 20.0 Å². The maximum absolute atomic E-state index is 10.8. The van der Waals surface area contributed by atoms with Crippen LogP contribution in [0.5, 0.6) is 0 Å². The molecule has 1 aromatic heterocycles. The molecule has 21 heavy (non-hydrogen) atoms. The highest BCUT2D eigenvalue weighted by atomic mass is 32.2. The van der Waals surface area contributed by atoms with E-state index < -0.39 is 5.97 Å². The van der Waals surface area contributed by atoms with Crippen molar-refractivity contribution in [2.45, 2.75) is 51.7 Å². The predicted molar refractivity (Wildman–Crippen MR) is 85.0 cm³/mol. The first-order chi connectivity index (χ1) is 9.90. The molecule has 0 aliphatic rings. The van der Waals surface area contributed by atoms with E-state index >= 15 is 0 Å². The van der Waals surface area contributed by atoms with Crippen LogP contribution in [0.25, 0.3) is 0 Å². The Balaban J connectivity index is 2.99. The van der Waals surface area contributed by atoms with Gasteiger partial charge in [0.2, 0.25) is 0 Å². The molecule has 1 heterocycles. The number of nitrogens with zero attached hydrogens (tertiary/aromatic N) is 4. The number of aromatic nitrogens is 3. The first-order valence-corrected chi connectivity index (χ1v) is 8.40. The molecular formula is C14H26N4O2S. The summed E-state index contributed by atoms with van der Waals surface area (Å²) in [6, 6.07) is 0.216. The minimum atomic E-state index is -0.836. The lowest BCUT2D eigenvalue weighted by atomic mass is 10.2. The number of hydrogen-bond acceptors (Lipinski definition) is 5. The van der Waals surface area contributed by atoms with E-state index in [0.29, 0.717) is 5.16 Å². The molecule has 1 aromatic rings. The summed E-state index contributed by atoms with van der Waals surface area (Å²) in [6.45, 7) is 13.5. The van der Waals surface area contributed by atoms with Crippen molar-refractivity contribution in [1.29, 1.82) is 0 Å². The second-order valence-corrected chi connectivity index (χ2v) is 6.33. The highest BCUT2D eigenvalue weighted by Gasteiger charge is 2.21. The third-order valence-electron chi connectivity index (χ3n) is 3.39. The van der Waals surface area contributed by atoms with Crippen molar-refractivity contribution in [3.05, 3.63) is 5.82 Å². The van der Waals surface area contributed by atoms with Gasteiger partial charge in [0.15, 0.2) is 5.16 Å². The van der Waals surface area contributed by atoms with Crippen LogP contribution in [0.1, 0.15) is 52.4 Å². The van der Waals surface area contributed by atoms with Gasteiger partial charge in [0.05, 0.1) is 5.75 Å². The highest BCUT2D eigenvalue weighted by molar-refractivity contribution is 7.99. The monoisotopic (exact) mass is 314 g/mol. The average molecular weight is 314 g/mol. The molecular weight excluding hydrogens is 288 g/mol. The Hall–Kier alpha value is -1.08. The van der Waals surface area contributed by atoms with Gasteiger partial charge in [-0.25, -0.2) is 0 Å². The summed E-state index contributed by atoms with van der Waals surface area (Å²) in [4.78, 5) is 13.1. The largest absolute Gasteiger partial charge is 0.481 e. The molecule has 0 aliphatic carbocycles. The van der Waals surface area contributed by atoms with E-state index in [-0.39, 0.29) is 17.7 Å². The first kappa shape index (κ1) is 18.0. The van der Waals surface area contributed by atoms with Crippen molar-refractivity contribution in [2.75, 3.05) is 25.4 Å². The van der Waals surface area contributed by atoms with Crippen LogP contribution in [0.15, 0.2) is 5.16 Å². The third-order valence-corrected chi connectivity index (χ3v) is 4.32. The Kier molecular flexibility index (Phi) is 7.17. The number of carboxylic acids is 1. The van der Waals surface area contributed by atoms with Crippen LogP contribution in [-0.2, 0) is 4.79 Å². The van der Waals surface area contributed by atoms with E-state index in [4.69, 9.17) is 5.11 Å². The van der Waals surface area contributed by atoms with Crippen LogP contribution in [-0.4, -0.2) is 56.1 Å². The maximum atomic E-state index is 10.8. The van der Waals surface area contributed by atoms with Crippen molar-refractivity contribution in [3.8, 4) is 0 Å². The van der Waals surface area contributed by atoms with E-state index in [0.717, 1.165) is 25.5 Å². The van der Waals surface area contributed by atoms with Crippen LogP contribution in [0.2, 0.25) is 0 Å². The van der Waals surface area contributed by atoms with Gasteiger partial charge in [-0.1, -0.05) is 39.5 Å². The van der Waals surface area contributed by atoms with Gasteiger partial charge in [0.25, 0.3) is 0 Å². The molecule has 1 atom stereocenters. The number of aliphatic carboxylic acids is 1. The van der Waals surface area contributed by atoms with Gasteiger partial charge >= 0.3 is 5.97 Å². The highest BCUT2D eigenvalue weighted by Crippen LogP contribution is 2.26. The molecule has 0 aliphatic heterocycles. The lowest BCUT2D eigenvalue weighted by molar-refractivity contribution is -0.133. The topological polar surface area (TPSA) is 71.2 Å². The molecule has 1 unspecified atom stereocenters. The number of rotatable bonds is 9. The minimum Gasteiger partial charge on any atom is -0.481 e. The van der Waals surface area contributed by atoms with Gasteiger partial charge in [-0.15, -0.1) is 10.2 Å². The minimum absolute atomic E-state index is 0.00815. The normalized spacial score (nSPS) is 13.1. The molecule has 1 rings (SSSR count). The zero-order chi connectivity index (χ0) is 16.0.